The molecule has 0 radical (unpaired) electrons. The average Bonchev–Trinajstić information content (AvgIpc) is 2.27. The van der Waals surface area contributed by atoms with Crippen LogP contribution in [-0.4, -0.2) is 5.61 Å². The van der Waals surface area contributed by atoms with Gasteiger partial charge in [0.1, 0.15) is 5.75 Å². The zero-order valence-electron chi connectivity index (χ0n) is 5.08. The number of fused-ring (bicyclic) bond motifs is 1. The van der Waals surface area contributed by atoms with Gasteiger partial charge in [0.15, 0.2) is 0 Å². The van der Waals surface area contributed by atoms with Gasteiger partial charge >= 0.3 is 5.61 Å². The molecule has 1 aliphatic rings. The quantitative estimate of drug-likeness (QED) is 0.553. The number of para-hydroxylation sites is 1. The minimum Gasteiger partial charge on any atom is -0.537 e. The van der Waals surface area contributed by atoms with Crippen molar-refractivity contribution in [3.8, 4) is 5.75 Å². The van der Waals surface area contributed by atoms with Crippen LogP contribution in [0, 0.1) is 0 Å². The van der Waals surface area contributed by atoms with E-state index in [1.165, 1.54) is 11.6 Å². The van der Waals surface area contributed by atoms with E-state index in [4.69, 9.17) is 16.1 Å². The molecule has 0 bridgehead atoms. The van der Waals surface area contributed by atoms with Crippen LogP contribution in [0.1, 0.15) is 0 Å². The van der Waals surface area contributed by atoms with Crippen molar-refractivity contribution in [1.29, 1.82) is 0 Å². The normalized spacial score (nSPS) is 14.7. The van der Waals surface area contributed by atoms with Gasteiger partial charge in [0, 0.05) is 4.90 Å². The molecule has 0 aliphatic carbocycles. The lowest BCUT2D eigenvalue weighted by Gasteiger charge is -1.95. The van der Waals surface area contributed by atoms with Crippen LogP contribution in [0.25, 0.3) is 0 Å². The number of halogens is 1. The summed E-state index contributed by atoms with van der Waals surface area (Å²) in [5, 5.41) is 0. The molecular formula is C6H4BClOS. The minimum atomic E-state index is -0.239. The van der Waals surface area contributed by atoms with Gasteiger partial charge in [-0.2, -0.15) is 0 Å². The summed E-state index contributed by atoms with van der Waals surface area (Å²) in [4.78, 5) is 1.13. The summed E-state index contributed by atoms with van der Waals surface area (Å²) in [5.74, 6) is 0.896. The molecule has 0 saturated carbocycles. The maximum Gasteiger partial charge on any atom is 0.542 e. The maximum atomic E-state index is 5.72. The van der Waals surface area contributed by atoms with E-state index in [1.807, 2.05) is 24.3 Å². The van der Waals surface area contributed by atoms with E-state index in [1.54, 1.807) is 0 Å². The molecule has 1 aromatic rings. The van der Waals surface area contributed by atoms with Crippen molar-refractivity contribution < 1.29 is 4.65 Å². The zero-order chi connectivity index (χ0) is 6.97. The molecule has 0 saturated heterocycles. The Bertz CT molecular complexity index is 230. The molecule has 0 aromatic heterocycles. The van der Waals surface area contributed by atoms with E-state index in [0.29, 0.717) is 0 Å². The first-order valence-corrected chi connectivity index (χ1v) is 4.24. The number of hydrogen-bond donors (Lipinski definition) is 0. The summed E-state index contributed by atoms with van der Waals surface area (Å²) < 4.78 is 5.24. The van der Waals surface area contributed by atoms with Crippen molar-refractivity contribution in [2.75, 3.05) is 0 Å². The van der Waals surface area contributed by atoms with Crippen LogP contribution >= 0.6 is 23.1 Å². The second-order valence-corrected chi connectivity index (χ2v) is 3.72. The third kappa shape index (κ3) is 0.996. The molecule has 1 heterocycles. The predicted octanol–water partition coefficient (Wildman–Crippen LogP) is 2.39. The first-order valence-electron chi connectivity index (χ1n) is 2.93. The highest BCUT2D eigenvalue weighted by molar-refractivity contribution is 8.29. The van der Waals surface area contributed by atoms with E-state index in [0.717, 1.165) is 10.6 Å². The number of rotatable bonds is 0. The predicted molar refractivity (Wildman–Crippen MR) is 44.5 cm³/mol. The van der Waals surface area contributed by atoms with Gasteiger partial charge in [0.05, 0.1) is 0 Å². The maximum absolute atomic E-state index is 5.72. The van der Waals surface area contributed by atoms with Crippen molar-refractivity contribution in [3.05, 3.63) is 24.3 Å². The molecule has 50 valence electrons. The third-order valence-corrected chi connectivity index (χ3v) is 2.52. The van der Waals surface area contributed by atoms with Crippen LogP contribution in [0.2, 0.25) is 0 Å². The highest BCUT2D eigenvalue weighted by Gasteiger charge is 2.26. The van der Waals surface area contributed by atoms with Crippen LogP contribution in [0.5, 0.6) is 5.75 Å². The topological polar surface area (TPSA) is 9.23 Å². The zero-order valence-corrected chi connectivity index (χ0v) is 6.65. The molecular weight excluding hydrogens is 166 g/mol. The lowest BCUT2D eigenvalue weighted by molar-refractivity contribution is 0.598. The highest BCUT2D eigenvalue weighted by atomic mass is 35.5. The Kier molecular flexibility index (Phi) is 1.55. The summed E-state index contributed by atoms with van der Waals surface area (Å²) >= 11 is 7.25. The minimum absolute atomic E-state index is 0.239. The molecule has 2 rings (SSSR count). The average molecular weight is 170 g/mol. The van der Waals surface area contributed by atoms with E-state index >= 15 is 0 Å². The van der Waals surface area contributed by atoms with Crippen molar-refractivity contribution in [3.63, 3.8) is 0 Å². The Hall–Kier alpha value is -0.275. The molecule has 0 unspecified atom stereocenters. The SMILES string of the molecule is ClB1Oc2ccccc2S1. The van der Waals surface area contributed by atoms with Crippen LogP contribution in [0.4, 0.5) is 0 Å². The van der Waals surface area contributed by atoms with Gasteiger partial charge in [0.25, 0.3) is 0 Å². The van der Waals surface area contributed by atoms with Crippen molar-refractivity contribution in [1.82, 2.24) is 0 Å². The lowest BCUT2D eigenvalue weighted by atomic mass is 10.3. The number of benzene rings is 1. The van der Waals surface area contributed by atoms with Crippen LogP contribution in [0.15, 0.2) is 29.2 Å². The third-order valence-electron chi connectivity index (χ3n) is 1.29. The van der Waals surface area contributed by atoms with Gasteiger partial charge in [-0.25, -0.2) is 0 Å². The second kappa shape index (κ2) is 2.40. The van der Waals surface area contributed by atoms with Crippen LogP contribution in [-0.2, 0) is 0 Å². The Morgan fingerprint density at radius 2 is 2.20 bits per heavy atom. The van der Waals surface area contributed by atoms with Gasteiger partial charge in [-0.05, 0) is 12.1 Å². The lowest BCUT2D eigenvalue weighted by Crippen LogP contribution is -2.01. The summed E-state index contributed by atoms with van der Waals surface area (Å²) in [7, 11) is 0. The van der Waals surface area contributed by atoms with Gasteiger partial charge < -0.3 is 4.65 Å². The largest absolute Gasteiger partial charge is 0.542 e. The van der Waals surface area contributed by atoms with E-state index in [2.05, 4.69) is 0 Å². The molecule has 4 heteroatoms. The van der Waals surface area contributed by atoms with Crippen molar-refractivity contribution >= 4 is 28.7 Å². The summed E-state index contributed by atoms with van der Waals surface area (Å²) in [5.41, 5.74) is -0.239. The van der Waals surface area contributed by atoms with Gasteiger partial charge in [0.2, 0.25) is 0 Å². The first-order chi connectivity index (χ1) is 4.86. The molecule has 1 nitrogen and oxygen atoms in total. The fourth-order valence-corrected chi connectivity index (χ4v) is 1.99. The fourth-order valence-electron chi connectivity index (χ4n) is 0.869. The highest BCUT2D eigenvalue weighted by Crippen LogP contribution is 2.39. The molecule has 1 aliphatic heterocycles. The standard InChI is InChI=1S/C6H4BClOS/c8-7-9-5-3-1-2-4-6(5)10-7/h1-4H. The fraction of sp³-hybridized carbons (Fsp3) is 0. The number of hydrogen-bond acceptors (Lipinski definition) is 2. The smallest absolute Gasteiger partial charge is 0.537 e. The molecule has 10 heavy (non-hydrogen) atoms. The molecule has 0 fully saturated rings. The summed E-state index contributed by atoms with van der Waals surface area (Å²) in [6, 6.07) is 7.84. The molecule has 0 atom stereocenters. The molecule has 0 N–H and O–H groups in total. The van der Waals surface area contributed by atoms with E-state index in [9.17, 15) is 0 Å². The monoisotopic (exact) mass is 170 g/mol. The van der Waals surface area contributed by atoms with E-state index < -0.39 is 0 Å². The van der Waals surface area contributed by atoms with Gasteiger partial charge in [-0.3, -0.25) is 0 Å². The van der Waals surface area contributed by atoms with Crippen molar-refractivity contribution in [2.45, 2.75) is 4.90 Å². The summed E-state index contributed by atoms with van der Waals surface area (Å²) in [6.45, 7) is 0. The van der Waals surface area contributed by atoms with Crippen LogP contribution < -0.4 is 4.65 Å². The Balaban J connectivity index is 2.42. The molecule has 0 amide bonds. The Morgan fingerprint density at radius 3 is 3.00 bits per heavy atom. The van der Waals surface area contributed by atoms with Gasteiger partial charge in [-0.1, -0.05) is 12.1 Å². The van der Waals surface area contributed by atoms with E-state index in [-0.39, 0.29) is 5.61 Å². The Morgan fingerprint density at radius 1 is 1.40 bits per heavy atom. The van der Waals surface area contributed by atoms with Crippen molar-refractivity contribution in [2.24, 2.45) is 0 Å². The molecule has 0 spiro atoms. The Labute approximate surface area is 68.6 Å². The molecule has 1 aromatic carbocycles. The second-order valence-electron chi connectivity index (χ2n) is 1.96. The van der Waals surface area contributed by atoms with Gasteiger partial charge in [-0.15, -0.1) is 23.1 Å². The van der Waals surface area contributed by atoms with Crippen LogP contribution in [0.3, 0.4) is 0 Å². The summed E-state index contributed by atoms with van der Waals surface area (Å²) in [6.07, 6.45) is 0. The first kappa shape index (κ1) is 6.44.